The van der Waals surface area contributed by atoms with E-state index in [1.54, 1.807) is 33.1 Å². The van der Waals surface area contributed by atoms with Gasteiger partial charge in [-0.25, -0.2) is 9.59 Å². The van der Waals surface area contributed by atoms with Crippen LogP contribution in [0.25, 0.3) is 0 Å². The molecule has 2 N–H and O–H groups in total. The molecule has 1 heterocycles. The fourth-order valence-electron chi connectivity index (χ4n) is 2.29. The monoisotopic (exact) mass is 368 g/mol. The van der Waals surface area contributed by atoms with Crippen molar-refractivity contribution in [3.63, 3.8) is 0 Å². The van der Waals surface area contributed by atoms with Crippen LogP contribution in [0.15, 0.2) is 33.9 Å². The maximum Gasteiger partial charge on any atom is 0.338 e. The molecule has 1 atom stereocenters. The van der Waals surface area contributed by atoms with E-state index < -0.39 is 12.0 Å². The summed E-state index contributed by atoms with van der Waals surface area (Å²) in [5.74, 6) is 0.215. The van der Waals surface area contributed by atoms with Gasteiger partial charge in [-0.3, -0.25) is 0 Å². The standard InChI is InChI=1S/C15H17BrN2O4/c1-4-22-14(19)12-8(2)17-15(20)18-13(12)9-5-6-11(21-3)10(16)7-9/h5-7,13H,4H2,1-3H3,(H2,17,18,20)/t13-/m0/s1. The molecule has 0 fully saturated rings. The predicted octanol–water partition coefficient (Wildman–Crippen LogP) is 2.65. The first-order valence-electron chi connectivity index (χ1n) is 6.76. The number of rotatable bonds is 4. The van der Waals surface area contributed by atoms with Crippen molar-refractivity contribution in [2.24, 2.45) is 0 Å². The van der Waals surface area contributed by atoms with E-state index >= 15 is 0 Å². The summed E-state index contributed by atoms with van der Waals surface area (Å²) in [7, 11) is 1.57. The number of carbonyl (C=O) groups is 2. The summed E-state index contributed by atoms with van der Waals surface area (Å²) in [6.07, 6.45) is 0. The Balaban J connectivity index is 2.45. The summed E-state index contributed by atoms with van der Waals surface area (Å²) >= 11 is 3.41. The third-order valence-electron chi connectivity index (χ3n) is 3.27. The molecule has 0 bridgehead atoms. The third-order valence-corrected chi connectivity index (χ3v) is 3.89. The van der Waals surface area contributed by atoms with Gasteiger partial charge in [0.1, 0.15) is 5.75 Å². The molecule has 2 rings (SSSR count). The Morgan fingerprint density at radius 1 is 1.41 bits per heavy atom. The van der Waals surface area contributed by atoms with Crippen LogP contribution in [0.4, 0.5) is 4.79 Å². The van der Waals surface area contributed by atoms with E-state index in [1.165, 1.54) is 0 Å². The zero-order valence-corrected chi connectivity index (χ0v) is 14.1. The molecule has 0 saturated carbocycles. The number of allylic oxidation sites excluding steroid dienone is 1. The molecule has 0 radical (unpaired) electrons. The second-order valence-corrected chi connectivity index (χ2v) is 5.54. The number of amides is 2. The molecule has 0 aliphatic carbocycles. The SMILES string of the molecule is CCOC(=O)C1=C(C)NC(=O)N[C@H]1c1ccc(OC)c(Br)c1. The van der Waals surface area contributed by atoms with Crippen LogP contribution >= 0.6 is 15.9 Å². The topological polar surface area (TPSA) is 76.7 Å². The molecule has 2 amide bonds. The third kappa shape index (κ3) is 3.24. The first kappa shape index (κ1) is 16.4. The van der Waals surface area contributed by atoms with Gasteiger partial charge in [0.15, 0.2) is 0 Å². The Kier molecular flexibility index (Phi) is 5.07. The van der Waals surface area contributed by atoms with Gasteiger partial charge in [-0.2, -0.15) is 0 Å². The van der Waals surface area contributed by atoms with Crippen molar-refractivity contribution < 1.29 is 19.1 Å². The number of hydrogen-bond acceptors (Lipinski definition) is 4. The van der Waals surface area contributed by atoms with Crippen molar-refractivity contribution in [2.75, 3.05) is 13.7 Å². The Hall–Kier alpha value is -2.02. The van der Waals surface area contributed by atoms with Crippen LogP contribution in [0.1, 0.15) is 25.5 Å². The second-order valence-electron chi connectivity index (χ2n) is 4.68. The lowest BCUT2D eigenvalue weighted by Crippen LogP contribution is -2.45. The molecule has 0 aromatic heterocycles. The fraction of sp³-hybridized carbons (Fsp3) is 0.333. The van der Waals surface area contributed by atoms with Gasteiger partial charge in [0.2, 0.25) is 0 Å². The van der Waals surface area contributed by atoms with Crippen LogP contribution in [0, 0.1) is 0 Å². The molecule has 1 aromatic carbocycles. The molecule has 22 heavy (non-hydrogen) atoms. The van der Waals surface area contributed by atoms with Crippen LogP contribution in [0.5, 0.6) is 5.75 Å². The average Bonchev–Trinajstić information content (AvgIpc) is 2.46. The average molecular weight is 369 g/mol. The second kappa shape index (κ2) is 6.83. The Bertz CT molecular complexity index is 642. The van der Waals surface area contributed by atoms with Gasteiger partial charge in [-0.15, -0.1) is 0 Å². The van der Waals surface area contributed by atoms with Gasteiger partial charge in [0.25, 0.3) is 0 Å². The number of methoxy groups -OCH3 is 1. The van der Waals surface area contributed by atoms with Crippen molar-refractivity contribution in [2.45, 2.75) is 19.9 Å². The zero-order valence-electron chi connectivity index (χ0n) is 12.5. The van der Waals surface area contributed by atoms with Crippen molar-refractivity contribution in [3.8, 4) is 5.75 Å². The van der Waals surface area contributed by atoms with E-state index in [1.807, 2.05) is 6.07 Å². The van der Waals surface area contributed by atoms with Crippen molar-refractivity contribution in [1.82, 2.24) is 10.6 Å². The van der Waals surface area contributed by atoms with E-state index in [9.17, 15) is 9.59 Å². The van der Waals surface area contributed by atoms with Gasteiger partial charge in [0.05, 0.1) is 29.8 Å². The highest BCUT2D eigenvalue weighted by Crippen LogP contribution is 2.33. The van der Waals surface area contributed by atoms with Crippen molar-refractivity contribution in [3.05, 3.63) is 39.5 Å². The Morgan fingerprint density at radius 3 is 2.73 bits per heavy atom. The lowest BCUT2D eigenvalue weighted by Gasteiger charge is -2.28. The van der Waals surface area contributed by atoms with Gasteiger partial charge in [-0.05, 0) is 47.5 Å². The van der Waals surface area contributed by atoms with Crippen LogP contribution in [-0.4, -0.2) is 25.7 Å². The number of ether oxygens (including phenoxy) is 2. The lowest BCUT2D eigenvalue weighted by atomic mass is 9.95. The molecule has 0 unspecified atom stereocenters. The van der Waals surface area contributed by atoms with E-state index in [4.69, 9.17) is 9.47 Å². The molecule has 1 aliphatic heterocycles. The number of hydrogen-bond donors (Lipinski definition) is 2. The van der Waals surface area contributed by atoms with E-state index in [0.29, 0.717) is 17.0 Å². The maximum absolute atomic E-state index is 12.2. The van der Waals surface area contributed by atoms with Crippen molar-refractivity contribution in [1.29, 1.82) is 0 Å². The predicted molar refractivity (Wildman–Crippen MR) is 84.4 cm³/mol. The first-order valence-corrected chi connectivity index (χ1v) is 7.56. The fourth-order valence-corrected chi connectivity index (χ4v) is 2.84. The van der Waals surface area contributed by atoms with Crippen LogP contribution in [0.3, 0.4) is 0 Å². The normalized spacial score (nSPS) is 17.6. The molecule has 118 valence electrons. The Morgan fingerprint density at radius 2 is 2.14 bits per heavy atom. The maximum atomic E-state index is 12.2. The molecule has 6 nitrogen and oxygen atoms in total. The summed E-state index contributed by atoms with van der Waals surface area (Å²) < 4.78 is 11.0. The Labute approximate surface area is 137 Å². The van der Waals surface area contributed by atoms with E-state index in [2.05, 4.69) is 26.6 Å². The number of nitrogens with one attached hydrogen (secondary N) is 2. The highest BCUT2D eigenvalue weighted by Gasteiger charge is 2.32. The summed E-state index contributed by atoms with van der Waals surface area (Å²) in [5.41, 5.74) is 1.63. The minimum atomic E-state index is -0.574. The summed E-state index contributed by atoms with van der Waals surface area (Å²) in [6, 6.07) is 4.44. The van der Waals surface area contributed by atoms with Crippen LogP contribution in [0.2, 0.25) is 0 Å². The number of halogens is 1. The zero-order chi connectivity index (χ0) is 16.3. The molecular weight excluding hydrogens is 352 g/mol. The number of esters is 1. The highest BCUT2D eigenvalue weighted by atomic mass is 79.9. The number of benzene rings is 1. The van der Waals surface area contributed by atoms with Crippen LogP contribution in [-0.2, 0) is 9.53 Å². The largest absolute Gasteiger partial charge is 0.496 e. The molecular formula is C15H17BrN2O4. The molecule has 1 aromatic rings. The summed E-state index contributed by atoms with van der Waals surface area (Å²) in [4.78, 5) is 23.9. The molecule has 1 aliphatic rings. The van der Waals surface area contributed by atoms with Gasteiger partial charge in [-0.1, -0.05) is 6.07 Å². The van der Waals surface area contributed by atoms with Gasteiger partial charge in [0, 0.05) is 5.70 Å². The van der Waals surface area contributed by atoms with Gasteiger partial charge >= 0.3 is 12.0 Å². The summed E-state index contributed by atoms with van der Waals surface area (Å²) in [6.45, 7) is 3.68. The minimum Gasteiger partial charge on any atom is -0.496 e. The number of carbonyl (C=O) groups excluding carboxylic acids is 2. The van der Waals surface area contributed by atoms with Gasteiger partial charge < -0.3 is 20.1 Å². The molecule has 0 spiro atoms. The van der Waals surface area contributed by atoms with Crippen LogP contribution < -0.4 is 15.4 Å². The highest BCUT2D eigenvalue weighted by molar-refractivity contribution is 9.10. The molecule has 7 heteroatoms. The van der Waals surface area contributed by atoms with Crippen molar-refractivity contribution >= 4 is 27.9 Å². The van der Waals surface area contributed by atoms with E-state index in [0.717, 1.165) is 10.0 Å². The first-order chi connectivity index (χ1) is 10.5. The quantitative estimate of drug-likeness (QED) is 0.800. The number of urea groups is 1. The van der Waals surface area contributed by atoms with E-state index in [-0.39, 0.29) is 12.6 Å². The minimum absolute atomic E-state index is 0.266. The summed E-state index contributed by atoms with van der Waals surface area (Å²) in [5, 5.41) is 5.34. The molecule has 0 saturated heterocycles. The lowest BCUT2D eigenvalue weighted by molar-refractivity contribution is -0.139. The smallest absolute Gasteiger partial charge is 0.338 e.